The van der Waals surface area contributed by atoms with Gasteiger partial charge in [-0.15, -0.1) is 5.10 Å². The molecule has 3 N–H and O–H groups in total. The Labute approximate surface area is 230 Å². The summed E-state index contributed by atoms with van der Waals surface area (Å²) in [7, 11) is 0. The molecular formula is C26H25ClF3N5O5. The Morgan fingerprint density at radius 3 is 2.38 bits per heavy atom. The molecule has 14 heteroatoms. The first-order chi connectivity index (χ1) is 18.6. The maximum Gasteiger partial charge on any atom is 0.416 e. The van der Waals surface area contributed by atoms with E-state index in [4.69, 9.17) is 22.1 Å². The summed E-state index contributed by atoms with van der Waals surface area (Å²) < 4.78 is 47.1. The highest BCUT2D eigenvalue weighted by Gasteiger charge is 2.36. The van der Waals surface area contributed by atoms with Crippen LogP contribution in [0.3, 0.4) is 0 Å². The lowest BCUT2D eigenvalue weighted by molar-refractivity contribution is -0.165. The lowest BCUT2D eigenvalue weighted by Gasteiger charge is -2.21. The second-order valence-corrected chi connectivity index (χ2v) is 10.4. The highest BCUT2D eigenvalue weighted by molar-refractivity contribution is 6.30. The van der Waals surface area contributed by atoms with Crippen LogP contribution >= 0.6 is 11.6 Å². The molecule has 2 aromatic carbocycles. The van der Waals surface area contributed by atoms with Gasteiger partial charge in [-0.05, 0) is 68.7 Å². The number of carbonyl (C=O) groups is 3. The lowest BCUT2D eigenvalue weighted by Crippen LogP contribution is -2.46. The summed E-state index contributed by atoms with van der Waals surface area (Å²) in [6, 6.07) is 8.30. The smallest absolute Gasteiger partial charge is 0.390 e. The molecule has 1 amide bonds. The molecule has 0 spiro atoms. The first kappa shape index (κ1) is 29.0. The molecule has 1 fully saturated rings. The summed E-state index contributed by atoms with van der Waals surface area (Å²) in [5.74, 6) is -3.14. The van der Waals surface area contributed by atoms with Gasteiger partial charge in [0, 0.05) is 16.6 Å². The molecule has 0 aliphatic heterocycles. The largest absolute Gasteiger partial charge is 0.416 e. The van der Waals surface area contributed by atoms with Gasteiger partial charge in [-0.2, -0.15) is 13.2 Å². The number of rotatable bonds is 8. The number of benzene rings is 2. The fraction of sp³-hybridized carbons (Fsp3) is 0.346. The monoisotopic (exact) mass is 579 g/mol. The number of esters is 2. The van der Waals surface area contributed by atoms with Crippen LogP contribution in [0.25, 0.3) is 11.4 Å². The fourth-order valence-corrected chi connectivity index (χ4v) is 3.90. The molecule has 3 aromatic rings. The zero-order chi connectivity index (χ0) is 29.4. The van der Waals surface area contributed by atoms with Gasteiger partial charge < -0.3 is 15.8 Å². The molecular weight excluding hydrogens is 555 g/mol. The van der Waals surface area contributed by atoms with Crippen LogP contribution in [0, 0.1) is 0 Å². The minimum Gasteiger partial charge on any atom is -0.390 e. The zero-order valence-electron chi connectivity index (χ0n) is 21.4. The normalized spacial score (nSPS) is 14.5. The number of nitrogens with one attached hydrogen (secondary N) is 1. The summed E-state index contributed by atoms with van der Waals surface area (Å²) in [4.78, 5) is 51.2. The van der Waals surface area contributed by atoms with Crippen molar-refractivity contribution < 1.29 is 32.3 Å². The van der Waals surface area contributed by atoms with Gasteiger partial charge >= 0.3 is 23.8 Å². The van der Waals surface area contributed by atoms with Crippen molar-refractivity contribution in [2.45, 2.75) is 57.0 Å². The third-order valence-corrected chi connectivity index (χ3v) is 6.24. The van der Waals surface area contributed by atoms with Gasteiger partial charge in [0.2, 0.25) is 5.91 Å². The van der Waals surface area contributed by atoms with Crippen molar-refractivity contribution in [3.8, 4) is 11.4 Å². The molecule has 0 bridgehead atoms. The van der Waals surface area contributed by atoms with Gasteiger partial charge in [0.1, 0.15) is 12.1 Å². The minimum absolute atomic E-state index is 0.103. The van der Waals surface area contributed by atoms with E-state index in [0.717, 1.165) is 35.7 Å². The number of ether oxygens (including phenoxy) is 1. The van der Waals surface area contributed by atoms with E-state index in [1.807, 2.05) is 0 Å². The highest BCUT2D eigenvalue weighted by atomic mass is 35.5. The summed E-state index contributed by atoms with van der Waals surface area (Å²) >= 11 is 5.96. The number of alkyl halides is 3. The average Bonchev–Trinajstić information content (AvgIpc) is 3.66. The van der Waals surface area contributed by atoms with E-state index >= 15 is 0 Å². The van der Waals surface area contributed by atoms with Crippen molar-refractivity contribution in [3.63, 3.8) is 0 Å². The number of hydrogen-bond acceptors (Lipinski definition) is 7. The van der Waals surface area contributed by atoms with E-state index in [2.05, 4.69) is 10.4 Å². The van der Waals surface area contributed by atoms with Crippen LogP contribution in [0.2, 0.25) is 5.02 Å². The van der Waals surface area contributed by atoms with Gasteiger partial charge in [-0.3, -0.25) is 9.36 Å². The molecule has 1 saturated carbocycles. The maximum atomic E-state index is 13.3. The Balaban J connectivity index is 1.63. The zero-order valence-corrected chi connectivity index (χ0v) is 22.1. The first-order valence-electron chi connectivity index (χ1n) is 12.1. The van der Waals surface area contributed by atoms with Crippen LogP contribution < -0.4 is 16.7 Å². The quantitative estimate of drug-likeness (QED) is 0.308. The summed E-state index contributed by atoms with van der Waals surface area (Å²) in [6.45, 7) is 1.86. The molecule has 1 heterocycles. The van der Waals surface area contributed by atoms with Crippen LogP contribution in [-0.2, 0) is 31.8 Å². The van der Waals surface area contributed by atoms with E-state index < -0.39 is 53.4 Å². The molecule has 0 saturated heterocycles. The number of carbonyl (C=O) groups excluding carboxylic acids is 3. The molecule has 10 nitrogen and oxygen atoms in total. The second-order valence-electron chi connectivity index (χ2n) is 9.93. The summed E-state index contributed by atoms with van der Waals surface area (Å²) in [5.41, 5.74) is 2.67. The number of aromatic nitrogens is 3. The molecule has 212 valence electrons. The van der Waals surface area contributed by atoms with Gasteiger partial charge in [-0.1, -0.05) is 23.7 Å². The van der Waals surface area contributed by atoms with Crippen LogP contribution in [0.4, 0.5) is 13.2 Å². The Hall–Kier alpha value is -3.97. The Morgan fingerprint density at radius 1 is 1.15 bits per heavy atom. The van der Waals surface area contributed by atoms with E-state index in [0.29, 0.717) is 22.5 Å². The Bertz CT molecular complexity index is 1500. The standard InChI is InChI=1S/C26H25ClF3N5O5/c1-25(2,31)23(38)40-22(37)20(15-4-3-5-16(12-15)26(28,29)30)32-19(36)13-34-24(39)35(18-10-11-18)21(33-34)14-6-8-17(27)9-7-14/h3-9,12,18,20H,10-11,13,31H2,1-2H3,(H,32,36). The maximum absolute atomic E-state index is 13.3. The average molecular weight is 580 g/mol. The number of amides is 1. The van der Waals surface area contributed by atoms with Crippen LogP contribution in [-0.4, -0.2) is 37.7 Å². The summed E-state index contributed by atoms with van der Waals surface area (Å²) in [6.07, 6.45) is -3.26. The third-order valence-electron chi connectivity index (χ3n) is 5.99. The molecule has 1 aromatic heterocycles. The van der Waals surface area contributed by atoms with Crippen LogP contribution in [0.1, 0.15) is 49.9 Å². The van der Waals surface area contributed by atoms with E-state index in [1.54, 1.807) is 24.3 Å². The van der Waals surface area contributed by atoms with Gasteiger partial charge in [0.25, 0.3) is 0 Å². The van der Waals surface area contributed by atoms with E-state index in [9.17, 15) is 32.3 Å². The Kier molecular flexibility index (Phi) is 7.90. The van der Waals surface area contributed by atoms with Crippen LogP contribution in [0.15, 0.2) is 53.3 Å². The molecule has 1 aliphatic rings. The molecule has 1 atom stereocenters. The SMILES string of the molecule is CC(C)(N)C(=O)OC(=O)C(NC(=O)Cn1nc(-c2ccc(Cl)cc2)n(C2CC2)c1=O)c1cccc(C(F)(F)F)c1. The van der Waals surface area contributed by atoms with Crippen molar-refractivity contribution >= 4 is 29.4 Å². The molecule has 4 rings (SSSR count). The number of hydrogen-bond donors (Lipinski definition) is 2. The van der Waals surface area contributed by atoms with Gasteiger partial charge in [0.05, 0.1) is 5.56 Å². The van der Waals surface area contributed by atoms with E-state index in [1.165, 1.54) is 18.4 Å². The van der Waals surface area contributed by atoms with Crippen LogP contribution in [0.5, 0.6) is 0 Å². The predicted octanol–water partition coefficient (Wildman–Crippen LogP) is 3.38. The summed E-state index contributed by atoms with van der Waals surface area (Å²) in [5, 5.41) is 7.03. The molecule has 0 radical (unpaired) electrons. The highest BCUT2D eigenvalue weighted by Crippen LogP contribution is 2.36. The van der Waals surface area contributed by atoms with E-state index in [-0.39, 0.29) is 11.6 Å². The molecule has 40 heavy (non-hydrogen) atoms. The number of halogens is 4. The number of nitrogens with zero attached hydrogens (tertiary/aromatic N) is 3. The minimum atomic E-state index is -4.75. The lowest BCUT2D eigenvalue weighted by atomic mass is 10.0. The van der Waals surface area contributed by atoms with Crippen molar-refractivity contribution in [2.24, 2.45) is 5.73 Å². The van der Waals surface area contributed by atoms with Gasteiger partial charge in [0.15, 0.2) is 11.9 Å². The molecule has 1 unspecified atom stereocenters. The van der Waals surface area contributed by atoms with Crippen molar-refractivity contribution in [3.05, 3.63) is 75.2 Å². The first-order valence-corrected chi connectivity index (χ1v) is 12.5. The van der Waals surface area contributed by atoms with Gasteiger partial charge in [-0.25, -0.2) is 19.1 Å². The topological polar surface area (TPSA) is 138 Å². The Morgan fingerprint density at radius 2 is 1.80 bits per heavy atom. The van der Waals surface area contributed by atoms with Crippen molar-refractivity contribution in [1.82, 2.24) is 19.7 Å². The van der Waals surface area contributed by atoms with Crippen molar-refractivity contribution in [2.75, 3.05) is 0 Å². The predicted molar refractivity (Wildman–Crippen MR) is 137 cm³/mol. The number of nitrogens with two attached hydrogens (primary N) is 1. The van der Waals surface area contributed by atoms with Crippen molar-refractivity contribution in [1.29, 1.82) is 0 Å². The molecule has 1 aliphatic carbocycles. The second kappa shape index (κ2) is 10.9. The third kappa shape index (κ3) is 6.59. The fourth-order valence-electron chi connectivity index (χ4n) is 3.78.